The van der Waals surface area contributed by atoms with Gasteiger partial charge in [0.15, 0.2) is 0 Å². The molecule has 29 heavy (non-hydrogen) atoms. The molecule has 2 aromatic heterocycles. The zero-order chi connectivity index (χ0) is 19.8. The second kappa shape index (κ2) is 7.25. The summed E-state index contributed by atoms with van der Waals surface area (Å²) in [6.45, 7) is 2.65. The van der Waals surface area contributed by atoms with E-state index in [4.69, 9.17) is 16.1 Å². The van der Waals surface area contributed by atoms with E-state index < -0.39 is 0 Å². The number of nitrogens with one attached hydrogen (secondary N) is 1. The summed E-state index contributed by atoms with van der Waals surface area (Å²) in [5.41, 5.74) is 2.95. The Hall–Kier alpha value is -3.32. The SMILES string of the molecule is O=C(c1nc(-c2ccc3[nH]ccc3c2)no1)N1CCN(c2ccc(Cl)cc2)CC1. The van der Waals surface area contributed by atoms with Crippen LogP contribution in [0.15, 0.2) is 59.3 Å². The van der Waals surface area contributed by atoms with E-state index in [2.05, 4.69) is 20.0 Å². The van der Waals surface area contributed by atoms with Gasteiger partial charge in [0.25, 0.3) is 0 Å². The van der Waals surface area contributed by atoms with Crippen molar-refractivity contribution in [1.82, 2.24) is 20.0 Å². The lowest BCUT2D eigenvalue weighted by molar-refractivity contribution is 0.0696. The third-order valence-electron chi connectivity index (χ3n) is 5.18. The van der Waals surface area contributed by atoms with Gasteiger partial charge in [-0.05, 0) is 48.5 Å². The van der Waals surface area contributed by atoms with Crippen LogP contribution in [0.4, 0.5) is 5.69 Å². The number of anilines is 1. The highest BCUT2D eigenvalue weighted by atomic mass is 35.5. The minimum atomic E-state index is -0.234. The van der Waals surface area contributed by atoms with Crippen LogP contribution in [-0.2, 0) is 0 Å². The van der Waals surface area contributed by atoms with Crippen molar-refractivity contribution in [2.24, 2.45) is 0 Å². The van der Waals surface area contributed by atoms with Crippen molar-refractivity contribution in [1.29, 1.82) is 0 Å². The third kappa shape index (κ3) is 3.45. The number of H-pyrrole nitrogens is 1. The van der Waals surface area contributed by atoms with E-state index in [9.17, 15) is 4.79 Å². The fourth-order valence-corrected chi connectivity index (χ4v) is 3.70. The molecule has 0 saturated carbocycles. The van der Waals surface area contributed by atoms with Gasteiger partial charge in [-0.15, -0.1) is 0 Å². The zero-order valence-electron chi connectivity index (χ0n) is 15.5. The zero-order valence-corrected chi connectivity index (χ0v) is 16.3. The number of halogens is 1. The van der Waals surface area contributed by atoms with E-state index in [0.29, 0.717) is 23.9 Å². The molecular formula is C21H18ClN5O2. The average Bonchev–Trinajstić information content (AvgIpc) is 3.43. The lowest BCUT2D eigenvalue weighted by Crippen LogP contribution is -2.48. The third-order valence-corrected chi connectivity index (χ3v) is 5.43. The molecule has 146 valence electrons. The van der Waals surface area contributed by atoms with Crippen molar-refractivity contribution >= 4 is 34.1 Å². The minimum Gasteiger partial charge on any atom is -0.368 e. The molecule has 1 saturated heterocycles. The Morgan fingerprint density at radius 1 is 1.03 bits per heavy atom. The first kappa shape index (κ1) is 17.8. The fraction of sp³-hybridized carbons (Fsp3) is 0.190. The molecule has 1 aliphatic heterocycles. The minimum absolute atomic E-state index is 0.0223. The van der Waals surface area contributed by atoms with Gasteiger partial charge in [0.1, 0.15) is 0 Å². The van der Waals surface area contributed by atoms with Crippen LogP contribution in [-0.4, -0.2) is 52.1 Å². The van der Waals surface area contributed by atoms with Crippen LogP contribution in [0.25, 0.3) is 22.3 Å². The molecular weight excluding hydrogens is 390 g/mol. The molecule has 1 N–H and O–H groups in total. The van der Waals surface area contributed by atoms with Crippen LogP contribution in [0, 0.1) is 0 Å². The molecule has 1 fully saturated rings. The molecule has 0 unspecified atom stereocenters. The monoisotopic (exact) mass is 407 g/mol. The first-order valence-electron chi connectivity index (χ1n) is 9.38. The number of aromatic nitrogens is 3. The largest absolute Gasteiger partial charge is 0.368 e. The van der Waals surface area contributed by atoms with Crippen molar-refractivity contribution < 1.29 is 9.32 Å². The highest BCUT2D eigenvalue weighted by Crippen LogP contribution is 2.23. The van der Waals surface area contributed by atoms with Gasteiger partial charge in [0, 0.05) is 59.6 Å². The number of piperazine rings is 1. The van der Waals surface area contributed by atoms with Crippen LogP contribution in [0.1, 0.15) is 10.7 Å². The molecule has 0 bridgehead atoms. The standard InChI is InChI=1S/C21H18ClN5O2/c22-16-2-4-17(5-3-16)26-9-11-27(12-10-26)21(28)20-24-19(25-29-20)15-1-6-18-14(13-15)7-8-23-18/h1-8,13,23H,9-12H2. The molecule has 5 rings (SSSR count). The smallest absolute Gasteiger partial charge is 0.316 e. The second-order valence-electron chi connectivity index (χ2n) is 6.96. The summed E-state index contributed by atoms with van der Waals surface area (Å²) in [7, 11) is 0. The molecule has 0 aliphatic carbocycles. The molecule has 1 amide bonds. The van der Waals surface area contributed by atoms with E-state index >= 15 is 0 Å². The molecule has 0 spiro atoms. The van der Waals surface area contributed by atoms with Gasteiger partial charge in [0.05, 0.1) is 0 Å². The van der Waals surface area contributed by atoms with Crippen LogP contribution < -0.4 is 4.90 Å². The molecule has 2 aromatic carbocycles. The first-order valence-corrected chi connectivity index (χ1v) is 9.76. The summed E-state index contributed by atoms with van der Waals surface area (Å²) in [5, 5.41) is 5.77. The number of hydrogen-bond donors (Lipinski definition) is 1. The molecule has 1 aliphatic rings. The van der Waals surface area contributed by atoms with Gasteiger partial charge in [-0.3, -0.25) is 4.79 Å². The average molecular weight is 408 g/mol. The summed E-state index contributed by atoms with van der Waals surface area (Å²) in [6, 6.07) is 15.5. The molecule has 8 heteroatoms. The van der Waals surface area contributed by atoms with Gasteiger partial charge in [-0.25, -0.2) is 0 Å². The lowest BCUT2D eigenvalue weighted by atomic mass is 10.1. The molecule has 3 heterocycles. The Labute approximate surface area is 171 Å². The first-order chi connectivity index (χ1) is 14.2. The highest BCUT2D eigenvalue weighted by Gasteiger charge is 2.26. The van der Waals surface area contributed by atoms with E-state index in [1.807, 2.05) is 54.7 Å². The summed E-state index contributed by atoms with van der Waals surface area (Å²) in [4.78, 5) is 24.2. The summed E-state index contributed by atoms with van der Waals surface area (Å²) >= 11 is 5.96. The Morgan fingerprint density at radius 3 is 2.62 bits per heavy atom. The van der Waals surface area contributed by atoms with Gasteiger partial charge in [0.2, 0.25) is 5.82 Å². The fourth-order valence-electron chi connectivity index (χ4n) is 3.57. The molecule has 4 aromatic rings. The number of hydrogen-bond acceptors (Lipinski definition) is 5. The number of carbonyl (C=O) groups excluding carboxylic acids is 1. The summed E-state index contributed by atoms with van der Waals surface area (Å²) in [6.07, 6.45) is 1.88. The predicted octanol–water partition coefficient (Wildman–Crippen LogP) is 3.83. The number of aromatic amines is 1. The van der Waals surface area contributed by atoms with Crippen LogP contribution in [0.2, 0.25) is 5.02 Å². The number of carbonyl (C=O) groups is 1. The Bertz CT molecular complexity index is 1160. The maximum atomic E-state index is 12.8. The molecule has 7 nitrogen and oxygen atoms in total. The van der Waals surface area contributed by atoms with E-state index in [0.717, 1.165) is 35.2 Å². The van der Waals surface area contributed by atoms with Gasteiger partial charge in [-0.1, -0.05) is 16.8 Å². The van der Waals surface area contributed by atoms with Crippen molar-refractivity contribution in [2.45, 2.75) is 0 Å². The van der Waals surface area contributed by atoms with Crippen LogP contribution in [0.5, 0.6) is 0 Å². The van der Waals surface area contributed by atoms with Crippen LogP contribution in [0.3, 0.4) is 0 Å². The Morgan fingerprint density at radius 2 is 1.83 bits per heavy atom. The second-order valence-corrected chi connectivity index (χ2v) is 7.39. The van der Waals surface area contributed by atoms with Crippen LogP contribution >= 0.6 is 11.6 Å². The molecule has 0 atom stereocenters. The lowest BCUT2D eigenvalue weighted by Gasteiger charge is -2.35. The normalized spacial score (nSPS) is 14.5. The number of fused-ring (bicyclic) bond motifs is 1. The quantitative estimate of drug-likeness (QED) is 0.558. The summed E-state index contributed by atoms with van der Waals surface area (Å²) in [5.74, 6) is 0.201. The molecule has 0 radical (unpaired) electrons. The van der Waals surface area contributed by atoms with E-state index in [1.54, 1.807) is 4.90 Å². The number of nitrogens with zero attached hydrogens (tertiary/aromatic N) is 4. The number of benzene rings is 2. The van der Waals surface area contributed by atoms with E-state index in [-0.39, 0.29) is 11.8 Å². The van der Waals surface area contributed by atoms with Gasteiger partial charge >= 0.3 is 11.8 Å². The maximum Gasteiger partial charge on any atom is 0.316 e. The van der Waals surface area contributed by atoms with Crippen molar-refractivity contribution in [3.05, 3.63) is 65.6 Å². The van der Waals surface area contributed by atoms with Gasteiger partial charge < -0.3 is 19.3 Å². The topological polar surface area (TPSA) is 78.3 Å². The number of amides is 1. The number of rotatable bonds is 3. The van der Waals surface area contributed by atoms with Gasteiger partial charge in [-0.2, -0.15) is 4.98 Å². The van der Waals surface area contributed by atoms with E-state index in [1.165, 1.54) is 0 Å². The Balaban J connectivity index is 1.27. The predicted molar refractivity (Wildman–Crippen MR) is 111 cm³/mol. The maximum absolute atomic E-state index is 12.8. The van der Waals surface area contributed by atoms with Crippen molar-refractivity contribution in [3.63, 3.8) is 0 Å². The summed E-state index contributed by atoms with van der Waals surface area (Å²) < 4.78 is 5.26. The highest BCUT2D eigenvalue weighted by molar-refractivity contribution is 6.30. The van der Waals surface area contributed by atoms with Crippen molar-refractivity contribution in [2.75, 3.05) is 31.1 Å². The van der Waals surface area contributed by atoms with Crippen molar-refractivity contribution in [3.8, 4) is 11.4 Å². The Kier molecular flexibility index (Phi) is 4.44.